The van der Waals surface area contributed by atoms with Gasteiger partial charge in [0.15, 0.2) is 18.2 Å². The molecule has 1 aromatic heterocycles. The lowest BCUT2D eigenvalue weighted by atomic mass is 9.98. The Bertz CT molecular complexity index is 791. The molecular weight excluding hydrogens is 262 g/mol. The Hall–Kier alpha value is -2.68. The van der Waals surface area contributed by atoms with Gasteiger partial charge in [-0.3, -0.25) is 4.79 Å². The number of aromatic nitrogens is 1. The molecule has 0 saturated heterocycles. The van der Waals surface area contributed by atoms with Crippen LogP contribution in [-0.4, -0.2) is 5.78 Å². The minimum atomic E-state index is -0.00636. The molecule has 104 valence electrons. The zero-order valence-corrected chi connectivity index (χ0v) is 11.5. The van der Waals surface area contributed by atoms with E-state index in [0.717, 1.165) is 5.56 Å². The molecule has 3 aromatic rings. The van der Waals surface area contributed by atoms with Crippen LogP contribution in [0.2, 0.25) is 0 Å². The molecule has 0 spiro atoms. The highest BCUT2D eigenvalue weighted by molar-refractivity contribution is 5.96. The van der Waals surface area contributed by atoms with E-state index in [2.05, 4.69) is 18.2 Å². The molecule has 0 fully saturated rings. The van der Waals surface area contributed by atoms with Gasteiger partial charge in [-0.15, -0.1) is 0 Å². The van der Waals surface area contributed by atoms with Crippen molar-refractivity contribution in [3.63, 3.8) is 0 Å². The fraction of sp³-hybridized carbons (Fsp3) is 0.111. The molecule has 0 aliphatic carbocycles. The lowest BCUT2D eigenvalue weighted by Crippen LogP contribution is -2.25. The van der Waals surface area contributed by atoms with Gasteiger partial charge < -0.3 is 5.21 Å². The summed E-state index contributed by atoms with van der Waals surface area (Å²) in [5.41, 5.74) is 1.63. The largest absolute Gasteiger partial charge is 0.619 e. The maximum atomic E-state index is 12.2. The molecule has 2 aromatic carbocycles. The minimum Gasteiger partial charge on any atom is -0.619 e. The molecule has 3 nitrogen and oxygen atoms in total. The van der Waals surface area contributed by atoms with Crippen molar-refractivity contribution in [2.45, 2.75) is 12.8 Å². The van der Waals surface area contributed by atoms with E-state index in [1.807, 2.05) is 24.3 Å². The number of ketones is 1. The first-order valence-corrected chi connectivity index (χ1v) is 6.93. The molecule has 0 atom stereocenters. The Kier molecular flexibility index (Phi) is 3.65. The highest BCUT2D eigenvalue weighted by atomic mass is 16.5. The third-order valence-corrected chi connectivity index (χ3v) is 3.60. The SMILES string of the molecule is O=C(CCc1cccc2ccccc12)c1ccc[n+]([O-])c1. The molecule has 21 heavy (non-hydrogen) atoms. The van der Waals surface area contributed by atoms with Crippen molar-refractivity contribution >= 4 is 16.6 Å². The van der Waals surface area contributed by atoms with Gasteiger partial charge in [-0.2, -0.15) is 4.73 Å². The second kappa shape index (κ2) is 5.75. The van der Waals surface area contributed by atoms with Gasteiger partial charge in [0.2, 0.25) is 0 Å². The molecule has 3 heteroatoms. The van der Waals surface area contributed by atoms with Gasteiger partial charge in [0, 0.05) is 12.5 Å². The Morgan fingerprint density at radius 3 is 2.67 bits per heavy atom. The third kappa shape index (κ3) is 2.92. The van der Waals surface area contributed by atoms with Crippen molar-refractivity contribution in [2.24, 2.45) is 0 Å². The van der Waals surface area contributed by atoms with Crippen LogP contribution < -0.4 is 4.73 Å². The summed E-state index contributed by atoms with van der Waals surface area (Å²) in [7, 11) is 0. The molecule has 0 amide bonds. The van der Waals surface area contributed by atoms with E-state index in [1.54, 1.807) is 12.1 Å². The predicted octanol–water partition coefficient (Wildman–Crippen LogP) is 3.29. The topological polar surface area (TPSA) is 44.0 Å². The number of hydrogen-bond donors (Lipinski definition) is 0. The number of benzene rings is 2. The molecule has 1 heterocycles. The van der Waals surface area contributed by atoms with Crippen LogP contribution in [0.3, 0.4) is 0 Å². The molecule has 0 saturated carbocycles. The molecular formula is C18H15NO2. The second-order valence-corrected chi connectivity index (χ2v) is 5.01. The Morgan fingerprint density at radius 2 is 1.81 bits per heavy atom. The van der Waals surface area contributed by atoms with Crippen molar-refractivity contribution in [1.29, 1.82) is 0 Å². The van der Waals surface area contributed by atoms with E-state index in [1.165, 1.54) is 23.2 Å². The molecule has 0 aliphatic rings. The number of pyridine rings is 1. The average molecular weight is 277 g/mol. The number of nitrogens with zero attached hydrogens (tertiary/aromatic N) is 1. The third-order valence-electron chi connectivity index (χ3n) is 3.60. The Balaban J connectivity index is 1.79. The van der Waals surface area contributed by atoms with Crippen LogP contribution in [0, 0.1) is 5.21 Å². The second-order valence-electron chi connectivity index (χ2n) is 5.01. The molecule has 0 radical (unpaired) electrons. The fourth-order valence-electron chi connectivity index (χ4n) is 2.52. The first kappa shape index (κ1) is 13.3. The Morgan fingerprint density at radius 1 is 1.00 bits per heavy atom. The van der Waals surface area contributed by atoms with E-state index in [-0.39, 0.29) is 5.78 Å². The normalized spacial score (nSPS) is 10.7. The summed E-state index contributed by atoms with van der Waals surface area (Å²) >= 11 is 0. The number of aryl methyl sites for hydroxylation is 1. The number of fused-ring (bicyclic) bond motifs is 1. The number of rotatable bonds is 4. The first-order valence-electron chi connectivity index (χ1n) is 6.93. The average Bonchev–Trinajstić information content (AvgIpc) is 2.52. The summed E-state index contributed by atoms with van der Waals surface area (Å²) in [6.07, 6.45) is 3.78. The summed E-state index contributed by atoms with van der Waals surface area (Å²) in [5, 5.41) is 13.6. The fourth-order valence-corrected chi connectivity index (χ4v) is 2.52. The van der Waals surface area contributed by atoms with Crippen molar-refractivity contribution in [3.8, 4) is 0 Å². The highest BCUT2D eigenvalue weighted by Gasteiger charge is 2.10. The summed E-state index contributed by atoms with van der Waals surface area (Å²) < 4.78 is 0.658. The van der Waals surface area contributed by atoms with E-state index in [9.17, 15) is 10.0 Å². The molecule has 3 rings (SSSR count). The van der Waals surface area contributed by atoms with Crippen LogP contribution in [0.4, 0.5) is 0 Å². The highest BCUT2D eigenvalue weighted by Crippen LogP contribution is 2.20. The van der Waals surface area contributed by atoms with Gasteiger partial charge in [-0.25, -0.2) is 0 Å². The maximum absolute atomic E-state index is 12.2. The maximum Gasteiger partial charge on any atom is 0.191 e. The van der Waals surface area contributed by atoms with E-state index >= 15 is 0 Å². The lowest BCUT2D eigenvalue weighted by Gasteiger charge is -2.06. The molecule has 0 unspecified atom stereocenters. The summed E-state index contributed by atoms with van der Waals surface area (Å²) in [6, 6.07) is 17.6. The number of carbonyl (C=O) groups excluding carboxylic acids is 1. The standard InChI is InChI=1S/C18H15NO2/c20-18(16-8-4-12-19(21)13-16)11-10-15-7-3-6-14-5-1-2-9-17(14)15/h1-9,12-13H,10-11H2. The first-order chi connectivity index (χ1) is 10.2. The van der Waals surface area contributed by atoms with Crippen molar-refractivity contribution in [2.75, 3.05) is 0 Å². The predicted molar refractivity (Wildman–Crippen MR) is 82.0 cm³/mol. The van der Waals surface area contributed by atoms with Crippen molar-refractivity contribution in [3.05, 3.63) is 83.3 Å². The minimum absolute atomic E-state index is 0.00636. The van der Waals surface area contributed by atoms with E-state index in [4.69, 9.17) is 0 Å². The molecule has 0 N–H and O–H groups in total. The van der Waals surface area contributed by atoms with Gasteiger partial charge in [-0.1, -0.05) is 42.5 Å². The van der Waals surface area contributed by atoms with Gasteiger partial charge in [0.1, 0.15) is 0 Å². The van der Waals surface area contributed by atoms with Gasteiger partial charge in [-0.05, 0) is 28.8 Å². The smallest absolute Gasteiger partial charge is 0.191 e. The van der Waals surface area contributed by atoms with Crippen molar-refractivity contribution < 1.29 is 9.52 Å². The van der Waals surface area contributed by atoms with Crippen LogP contribution >= 0.6 is 0 Å². The Labute approximate surface area is 123 Å². The van der Waals surface area contributed by atoms with E-state index in [0.29, 0.717) is 23.1 Å². The monoisotopic (exact) mass is 277 g/mol. The van der Waals surface area contributed by atoms with Crippen LogP contribution in [0.5, 0.6) is 0 Å². The van der Waals surface area contributed by atoms with Crippen molar-refractivity contribution in [1.82, 2.24) is 0 Å². The molecule has 0 aliphatic heterocycles. The quantitative estimate of drug-likeness (QED) is 0.417. The van der Waals surface area contributed by atoms with Gasteiger partial charge in [0.05, 0.1) is 5.56 Å². The summed E-state index contributed by atoms with van der Waals surface area (Å²) in [5.74, 6) is -0.00636. The van der Waals surface area contributed by atoms with Gasteiger partial charge in [0.25, 0.3) is 0 Å². The zero-order valence-electron chi connectivity index (χ0n) is 11.5. The van der Waals surface area contributed by atoms with Crippen LogP contribution in [0.1, 0.15) is 22.3 Å². The van der Waals surface area contributed by atoms with Crippen LogP contribution in [0.15, 0.2) is 67.0 Å². The molecule has 0 bridgehead atoms. The summed E-state index contributed by atoms with van der Waals surface area (Å²) in [4.78, 5) is 12.2. The number of hydrogen-bond acceptors (Lipinski definition) is 2. The zero-order chi connectivity index (χ0) is 14.7. The number of Topliss-reactive ketones (excluding diaryl/α,β-unsaturated/α-hetero) is 1. The summed E-state index contributed by atoms with van der Waals surface area (Å²) in [6.45, 7) is 0. The van der Waals surface area contributed by atoms with Gasteiger partial charge >= 0.3 is 0 Å². The van der Waals surface area contributed by atoms with E-state index < -0.39 is 0 Å². The van der Waals surface area contributed by atoms with Crippen LogP contribution in [-0.2, 0) is 6.42 Å². The lowest BCUT2D eigenvalue weighted by molar-refractivity contribution is -0.605. The number of carbonyl (C=O) groups is 1. The van der Waals surface area contributed by atoms with Crippen LogP contribution in [0.25, 0.3) is 10.8 Å².